The highest BCUT2D eigenvalue weighted by atomic mass is 16.4. The van der Waals surface area contributed by atoms with Crippen molar-refractivity contribution in [2.24, 2.45) is 11.3 Å². The van der Waals surface area contributed by atoms with Gasteiger partial charge in [-0.1, -0.05) is 6.92 Å². The van der Waals surface area contributed by atoms with Crippen LogP contribution in [0.2, 0.25) is 0 Å². The number of carbonyl (C=O) groups is 2. The minimum atomic E-state index is -0.869. The Balaban J connectivity index is 4.30. The van der Waals surface area contributed by atoms with Gasteiger partial charge in [0, 0.05) is 12.0 Å². The fourth-order valence-corrected chi connectivity index (χ4v) is 1.37. The summed E-state index contributed by atoms with van der Waals surface area (Å²) < 4.78 is 0. The van der Waals surface area contributed by atoms with Gasteiger partial charge in [-0.2, -0.15) is 0 Å². The van der Waals surface area contributed by atoms with Crippen molar-refractivity contribution < 1.29 is 14.7 Å². The predicted octanol–water partition coefficient (Wildman–Crippen LogP) is 1.65. The van der Waals surface area contributed by atoms with Crippen LogP contribution in [0, 0.1) is 11.3 Å². The van der Waals surface area contributed by atoms with Crippen LogP contribution < -0.4 is 5.32 Å². The number of carboxylic acids is 1. The molecule has 0 rings (SSSR count). The number of rotatable bonds is 5. The van der Waals surface area contributed by atoms with E-state index in [0.29, 0.717) is 6.42 Å². The summed E-state index contributed by atoms with van der Waals surface area (Å²) >= 11 is 0. The van der Waals surface area contributed by atoms with Crippen molar-refractivity contribution in [1.82, 2.24) is 5.32 Å². The summed E-state index contributed by atoms with van der Waals surface area (Å²) in [6.45, 7) is 8.78. The molecule has 2 N–H and O–H groups in total. The van der Waals surface area contributed by atoms with Crippen molar-refractivity contribution in [1.29, 1.82) is 0 Å². The fourth-order valence-electron chi connectivity index (χ4n) is 1.37. The van der Waals surface area contributed by atoms with Crippen molar-refractivity contribution in [3.05, 3.63) is 0 Å². The minimum Gasteiger partial charge on any atom is -0.481 e. The summed E-state index contributed by atoms with van der Waals surface area (Å²) in [5.41, 5.74) is -0.853. The Bertz CT molecular complexity index is 246. The van der Waals surface area contributed by atoms with Crippen LogP contribution in [0.1, 0.15) is 41.0 Å². The van der Waals surface area contributed by atoms with Crippen LogP contribution in [-0.4, -0.2) is 23.0 Å². The maximum Gasteiger partial charge on any atom is 0.309 e. The Morgan fingerprint density at radius 1 is 1.27 bits per heavy atom. The first kappa shape index (κ1) is 13.9. The standard InChI is InChI=1S/C11H21NO3/c1-7(2)12-9(13)8(3)6-11(4,5)10(14)15/h7-8H,6H2,1-5H3,(H,12,13)(H,14,15). The zero-order chi connectivity index (χ0) is 12.2. The fraction of sp³-hybridized carbons (Fsp3) is 0.818. The van der Waals surface area contributed by atoms with Crippen LogP contribution in [0.25, 0.3) is 0 Å². The second-order valence-corrected chi connectivity index (χ2v) is 4.96. The second-order valence-electron chi connectivity index (χ2n) is 4.96. The Labute approximate surface area is 91.1 Å². The molecule has 1 unspecified atom stereocenters. The van der Waals surface area contributed by atoms with E-state index in [1.807, 2.05) is 13.8 Å². The number of hydrogen-bond acceptors (Lipinski definition) is 2. The molecular formula is C11H21NO3. The van der Waals surface area contributed by atoms with E-state index >= 15 is 0 Å². The number of amides is 1. The Kier molecular flexibility index (Phi) is 4.78. The third-order valence-electron chi connectivity index (χ3n) is 2.27. The van der Waals surface area contributed by atoms with E-state index in [0.717, 1.165) is 0 Å². The first-order valence-corrected chi connectivity index (χ1v) is 5.20. The number of carbonyl (C=O) groups excluding carboxylic acids is 1. The molecule has 0 saturated carbocycles. The largest absolute Gasteiger partial charge is 0.481 e. The molecule has 1 amide bonds. The van der Waals surface area contributed by atoms with Gasteiger partial charge < -0.3 is 10.4 Å². The summed E-state index contributed by atoms with van der Waals surface area (Å²) in [5.74, 6) is -1.23. The Hall–Kier alpha value is -1.06. The van der Waals surface area contributed by atoms with Gasteiger partial charge in [-0.05, 0) is 34.1 Å². The molecule has 0 aromatic heterocycles. The number of hydrogen-bond donors (Lipinski definition) is 2. The summed E-state index contributed by atoms with van der Waals surface area (Å²) in [6, 6.07) is 0.0906. The van der Waals surface area contributed by atoms with Gasteiger partial charge in [-0.25, -0.2) is 0 Å². The molecule has 15 heavy (non-hydrogen) atoms. The number of nitrogens with one attached hydrogen (secondary N) is 1. The van der Waals surface area contributed by atoms with Crippen molar-refractivity contribution in [3.8, 4) is 0 Å². The molecule has 4 nitrogen and oxygen atoms in total. The van der Waals surface area contributed by atoms with E-state index in [2.05, 4.69) is 5.32 Å². The van der Waals surface area contributed by atoms with E-state index in [-0.39, 0.29) is 17.9 Å². The Morgan fingerprint density at radius 2 is 1.73 bits per heavy atom. The first-order chi connectivity index (χ1) is 6.66. The van der Waals surface area contributed by atoms with E-state index in [9.17, 15) is 9.59 Å². The highest BCUT2D eigenvalue weighted by Crippen LogP contribution is 2.25. The van der Waals surface area contributed by atoms with Crippen LogP contribution in [0.4, 0.5) is 0 Å². The van der Waals surface area contributed by atoms with Crippen molar-refractivity contribution in [2.45, 2.75) is 47.1 Å². The molecule has 0 aliphatic heterocycles. The van der Waals surface area contributed by atoms with Crippen molar-refractivity contribution >= 4 is 11.9 Å². The summed E-state index contributed by atoms with van der Waals surface area (Å²) in [5, 5.41) is 11.7. The van der Waals surface area contributed by atoms with Gasteiger partial charge in [-0.15, -0.1) is 0 Å². The SMILES string of the molecule is CC(C)NC(=O)C(C)CC(C)(C)C(=O)O. The molecule has 88 valence electrons. The molecule has 0 fully saturated rings. The first-order valence-electron chi connectivity index (χ1n) is 5.20. The molecule has 1 atom stereocenters. The molecule has 0 aromatic carbocycles. The normalized spacial score (nSPS) is 13.7. The van der Waals surface area contributed by atoms with Crippen molar-refractivity contribution in [3.63, 3.8) is 0 Å². The maximum atomic E-state index is 11.5. The maximum absolute atomic E-state index is 11.5. The monoisotopic (exact) mass is 215 g/mol. The number of carboxylic acid groups (broad SMARTS) is 1. The lowest BCUT2D eigenvalue weighted by Gasteiger charge is -2.23. The molecule has 0 aliphatic rings. The van der Waals surface area contributed by atoms with Gasteiger partial charge in [0.25, 0.3) is 0 Å². The summed E-state index contributed by atoms with van der Waals surface area (Å²) in [4.78, 5) is 22.4. The highest BCUT2D eigenvalue weighted by molar-refractivity contribution is 5.80. The zero-order valence-corrected chi connectivity index (χ0v) is 10.1. The molecular weight excluding hydrogens is 194 g/mol. The lowest BCUT2D eigenvalue weighted by Crippen LogP contribution is -2.37. The van der Waals surface area contributed by atoms with Gasteiger partial charge >= 0.3 is 5.97 Å². The quantitative estimate of drug-likeness (QED) is 0.732. The van der Waals surface area contributed by atoms with Crippen LogP contribution >= 0.6 is 0 Å². The van der Waals surface area contributed by atoms with Crippen LogP contribution in [-0.2, 0) is 9.59 Å². The van der Waals surface area contributed by atoms with Gasteiger partial charge in [0.05, 0.1) is 5.41 Å². The van der Waals surface area contributed by atoms with Gasteiger partial charge in [0.15, 0.2) is 0 Å². The lowest BCUT2D eigenvalue weighted by atomic mass is 9.83. The van der Waals surface area contributed by atoms with Crippen LogP contribution in [0.15, 0.2) is 0 Å². The van der Waals surface area contributed by atoms with E-state index in [1.54, 1.807) is 20.8 Å². The molecule has 0 bridgehead atoms. The smallest absolute Gasteiger partial charge is 0.309 e. The third-order valence-corrected chi connectivity index (χ3v) is 2.27. The lowest BCUT2D eigenvalue weighted by molar-refractivity contribution is -0.148. The van der Waals surface area contributed by atoms with Gasteiger partial charge in [-0.3, -0.25) is 9.59 Å². The molecule has 0 aromatic rings. The van der Waals surface area contributed by atoms with Crippen molar-refractivity contribution in [2.75, 3.05) is 0 Å². The van der Waals surface area contributed by atoms with Gasteiger partial charge in [0.2, 0.25) is 5.91 Å². The van der Waals surface area contributed by atoms with E-state index in [4.69, 9.17) is 5.11 Å². The summed E-state index contributed by atoms with van der Waals surface area (Å²) in [7, 11) is 0. The minimum absolute atomic E-state index is 0.0840. The molecule has 0 saturated heterocycles. The average molecular weight is 215 g/mol. The average Bonchev–Trinajstić information content (AvgIpc) is 2.01. The molecule has 0 spiro atoms. The Morgan fingerprint density at radius 3 is 2.07 bits per heavy atom. The molecule has 0 heterocycles. The van der Waals surface area contributed by atoms with Crippen LogP contribution in [0.3, 0.4) is 0 Å². The van der Waals surface area contributed by atoms with Gasteiger partial charge in [0.1, 0.15) is 0 Å². The van der Waals surface area contributed by atoms with Crippen LogP contribution in [0.5, 0.6) is 0 Å². The van der Waals surface area contributed by atoms with E-state index < -0.39 is 11.4 Å². The highest BCUT2D eigenvalue weighted by Gasteiger charge is 2.31. The zero-order valence-electron chi connectivity index (χ0n) is 10.1. The second kappa shape index (κ2) is 5.14. The summed E-state index contributed by atoms with van der Waals surface area (Å²) in [6.07, 6.45) is 0.348. The molecule has 0 radical (unpaired) electrons. The topological polar surface area (TPSA) is 66.4 Å². The third kappa shape index (κ3) is 4.81. The number of aliphatic carboxylic acids is 1. The van der Waals surface area contributed by atoms with E-state index in [1.165, 1.54) is 0 Å². The molecule has 0 aliphatic carbocycles. The molecule has 4 heteroatoms. The predicted molar refractivity (Wildman–Crippen MR) is 58.5 cm³/mol.